The Morgan fingerprint density at radius 1 is 1.15 bits per heavy atom. The number of amides is 1. The Kier molecular flexibility index (Phi) is 7.92. The van der Waals surface area contributed by atoms with E-state index in [1.54, 1.807) is 0 Å². The molecule has 112 valence electrons. The molecule has 0 spiro atoms. The van der Waals surface area contributed by atoms with Gasteiger partial charge >= 0.3 is 0 Å². The van der Waals surface area contributed by atoms with Crippen LogP contribution in [0.1, 0.15) is 32.4 Å². The minimum absolute atomic E-state index is 0.0545. The Balaban J connectivity index is 2.62. The molecule has 0 heterocycles. The summed E-state index contributed by atoms with van der Waals surface area (Å²) in [5.41, 5.74) is 1.29. The number of likely N-dealkylation sites (N-methyl/N-ethyl adjacent to an activating group) is 2. The van der Waals surface area contributed by atoms with Crippen LogP contribution in [0.15, 0.2) is 30.3 Å². The largest absolute Gasteiger partial charge is 0.355 e. The number of nitrogens with one attached hydrogen (secondary N) is 2. The van der Waals surface area contributed by atoms with Crippen molar-refractivity contribution in [2.24, 2.45) is 0 Å². The lowest BCUT2D eigenvalue weighted by molar-refractivity contribution is -0.120. The molecule has 0 aliphatic carbocycles. The summed E-state index contributed by atoms with van der Waals surface area (Å²) in [6, 6.07) is 10.8. The van der Waals surface area contributed by atoms with Crippen LogP contribution in [0.5, 0.6) is 0 Å². The standard InChI is InChI=1S/C16H27N3O/c1-4-18-16(20)13-17-12-15(19(5-2)6-3)14-10-8-7-9-11-14/h7-11,15,17H,4-6,12-13H2,1-3H3,(H,18,20). The first kappa shape index (κ1) is 16.7. The number of benzene rings is 1. The van der Waals surface area contributed by atoms with Crippen LogP contribution in [0, 0.1) is 0 Å². The number of rotatable bonds is 9. The predicted octanol–water partition coefficient (Wildman–Crippen LogP) is 1.80. The van der Waals surface area contributed by atoms with Crippen molar-refractivity contribution in [1.82, 2.24) is 15.5 Å². The van der Waals surface area contributed by atoms with Crippen LogP contribution < -0.4 is 10.6 Å². The third-order valence-electron chi connectivity index (χ3n) is 3.43. The van der Waals surface area contributed by atoms with Crippen molar-refractivity contribution in [1.29, 1.82) is 0 Å². The van der Waals surface area contributed by atoms with Crippen LogP contribution in [-0.2, 0) is 4.79 Å². The van der Waals surface area contributed by atoms with Crippen molar-refractivity contribution in [3.05, 3.63) is 35.9 Å². The van der Waals surface area contributed by atoms with Crippen molar-refractivity contribution in [2.75, 3.05) is 32.7 Å². The SMILES string of the molecule is CCNC(=O)CNCC(c1ccccc1)N(CC)CC. The molecule has 1 unspecified atom stereocenters. The third-order valence-corrected chi connectivity index (χ3v) is 3.43. The molecule has 0 bridgehead atoms. The number of carbonyl (C=O) groups excluding carboxylic acids is 1. The lowest BCUT2D eigenvalue weighted by atomic mass is 10.1. The quantitative estimate of drug-likeness (QED) is 0.723. The second-order valence-corrected chi connectivity index (χ2v) is 4.73. The van der Waals surface area contributed by atoms with E-state index in [9.17, 15) is 4.79 Å². The molecule has 2 N–H and O–H groups in total. The summed E-state index contributed by atoms with van der Waals surface area (Å²) in [6.07, 6.45) is 0. The lowest BCUT2D eigenvalue weighted by Gasteiger charge is -2.30. The zero-order valence-electron chi connectivity index (χ0n) is 12.9. The first-order valence-corrected chi connectivity index (χ1v) is 7.49. The molecule has 1 rings (SSSR count). The molecule has 1 amide bonds. The fraction of sp³-hybridized carbons (Fsp3) is 0.562. The van der Waals surface area contributed by atoms with Gasteiger partial charge in [-0.1, -0.05) is 44.2 Å². The van der Waals surface area contributed by atoms with E-state index in [2.05, 4.69) is 53.6 Å². The van der Waals surface area contributed by atoms with E-state index in [0.29, 0.717) is 19.1 Å². The summed E-state index contributed by atoms with van der Waals surface area (Å²) >= 11 is 0. The Morgan fingerprint density at radius 2 is 1.80 bits per heavy atom. The smallest absolute Gasteiger partial charge is 0.233 e. The fourth-order valence-corrected chi connectivity index (χ4v) is 2.38. The summed E-state index contributed by atoms with van der Waals surface area (Å²) in [5.74, 6) is 0.0545. The molecule has 0 aliphatic heterocycles. The molecule has 1 atom stereocenters. The van der Waals surface area contributed by atoms with Crippen LogP contribution in [0.2, 0.25) is 0 Å². The Hall–Kier alpha value is -1.39. The van der Waals surface area contributed by atoms with Crippen LogP contribution in [-0.4, -0.2) is 43.5 Å². The molecule has 0 aliphatic rings. The molecule has 0 aromatic heterocycles. The molecule has 4 nitrogen and oxygen atoms in total. The summed E-state index contributed by atoms with van der Waals surface area (Å²) < 4.78 is 0. The second kappa shape index (κ2) is 9.50. The van der Waals surface area contributed by atoms with Gasteiger partial charge in [0.1, 0.15) is 0 Å². The van der Waals surface area contributed by atoms with Crippen LogP contribution >= 0.6 is 0 Å². The average molecular weight is 277 g/mol. The van der Waals surface area contributed by atoms with Crippen molar-refractivity contribution >= 4 is 5.91 Å². The monoisotopic (exact) mass is 277 g/mol. The van der Waals surface area contributed by atoms with E-state index < -0.39 is 0 Å². The fourth-order valence-electron chi connectivity index (χ4n) is 2.38. The molecule has 20 heavy (non-hydrogen) atoms. The molecular weight excluding hydrogens is 250 g/mol. The highest BCUT2D eigenvalue weighted by Crippen LogP contribution is 2.19. The maximum Gasteiger partial charge on any atom is 0.233 e. The third kappa shape index (κ3) is 5.31. The Labute approximate surface area is 122 Å². The molecule has 4 heteroatoms. The highest BCUT2D eigenvalue weighted by molar-refractivity contribution is 5.77. The highest BCUT2D eigenvalue weighted by Gasteiger charge is 2.17. The molecule has 0 fully saturated rings. The van der Waals surface area contributed by atoms with Crippen LogP contribution in [0.3, 0.4) is 0 Å². The summed E-state index contributed by atoms with van der Waals surface area (Å²) in [7, 11) is 0. The topological polar surface area (TPSA) is 44.4 Å². The summed E-state index contributed by atoms with van der Waals surface area (Å²) in [4.78, 5) is 13.9. The normalized spacial score (nSPS) is 12.4. The number of hydrogen-bond donors (Lipinski definition) is 2. The van der Waals surface area contributed by atoms with Gasteiger partial charge < -0.3 is 10.6 Å². The van der Waals surface area contributed by atoms with Crippen LogP contribution in [0.4, 0.5) is 0 Å². The van der Waals surface area contributed by atoms with Crippen molar-refractivity contribution in [3.8, 4) is 0 Å². The van der Waals surface area contributed by atoms with Gasteiger partial charge in [0.05, 0.1) is 6.54 Å². The molecule has 1 aromatic carbocycles. The molecule has 0 saturated heterocycles. The van der Waals surface area contributed by atoms with Crippen molar-refractivity contribution < 1.29 is 4.79 Å². The van der Waals surface area contributed by atoms with Crippen LogP contribution in [0.25, 0.3) is 0 Å². The Bertz CT molecular complexity index is 377. The van der Waals surface area contributed by atoms with E-state index in [-0.39, 0.29) is 5.91 Å². The number of carbonyl (C=O) groups is 1. The van der Waals surface area contributed by atoms with Gasteiger partial charge in [-0.15, -0.1) is 0 Å². The van der Waals surface area contributed by atoms with E-state index in [1.807, 2.05) is 13.0 Å². The van der Waals surface area contributed by atoms with Gasteiger partial charge in [0.15, 0.2) is 0 Å². The first-order valence-electron chi connectivity index (χ1n) is 7.49. The number of hydrogen-bond acceptors (Lipinski definition) is 3. The zero-order valence-corrected chi connectivity index (χ0v) is 12.9. The predicted molar refractivity (Wildman–Crippen MR) is 83.7 cm³/mol. The van der Waals surface area contributed by atoms with Gasteiger partial charge in [-0.25, -0.2) is 0 Å². The average Bonchev–Trinajstić information content (AvgIpc) is 2.48. The van der Waals surface area contributed by atoms with E-state index in [0.717, 1.165) is 19.6 Å². The van der Waals surface area contributed by atoms with Gasteiger partial charge in [0.25, 0.3) is 0 Å². The van der Waals surface area contributed by atoms with E-state index >= 15 is 0 Å². The summed E-state index contributed by atoms with van der Waals surface area (Å²) in [5, 5.41) is 6.07. The van der Waals surface area contributed by atoms with Gasteiger partial charge in [-0.3, -0.25) is 9.69 Å². The van der Waals surface area contributed by atoms with Crippen molar-refractivity contribution in [2.45, 2.75) is 26.8 Å². The van der Waals surface area contributed by atoms with Gasteiger partial charge in [0, 0.05) is 19.1 Å². The van der Waals surface area contributed by atoms with Gasteiger partial charge in [-0.05, 0) is 25.6 Å². The number of nitrogens with zero attached hydrogens (tertiary/aromatic N) is 1. The van der Waals surface area contributed by atoms with Gasteiger partial charge in [-0.2, -0.15) is 0 Å². The first-order chi connectivity index (χ1) is 9.72. The minimum atomic E-state index is 0.0545. The molecule has 1 aromatic rings. The van der Waals surface area contributed by atoms with E-state index in [4.69, 9.17) is 0 Å². The van der Waals surface area contributed by atoms with Gasteiger partial charge in [0.2, 0.25) is 5.91 Å². The highest BCUT2D eigenvalue weighted by atomic mass is 16.1. The maximum absolute atomic E-state index is 11.5. The summed E-state index contributed by atoms with van der Waals surface area (Å²) in [6.45, 7) is 10.1. The maximum atomic E-state index is 11.5. The van der Waals surface area contributed by atoms with E-state index in [1.165, 1.54) is 5.56 Å². The Morgan fingerprint density at radius 3 is 2.35 bits per heavy atom. The second-order valence-electron chi connectivity index (χ2n) is 4.73. The molecular formula is C16H27N3O. The molecule has 0 radical (unpaired) electrons. The lowest BCUT2D eigenvalue weighted by Crippen LogP contribution is -2.40. The minimum Gasteiger partial charge on any atom is -0.355 e. The zero-order chi connectivity index (χ0) is 14.8. The molecule has 0 saturated carbocycles. The van der Waals surface area contributed by atoms with Crippen molar-refractivity contribution in [3.63, 3.8) is 0 Å².